The SMILES string of the molecule is COc1cccc(-c2cn(C3CCC3)c3ncnc(N)c23)c1. The lowest BCUT2D eigenvalue weighted by atomic mass is 9.93. The van der Waals surface area contributed by atoms with Crippen molar-refractivity contribution in [2.75, 3.05) is 12.8 Å². The molecule has 4 rings (SSSR count). The predicted molar refractivity (Wildman–Crippen MR) is 86.8 cm³/mol. The summed E-state index contributed by atoms with van der Waals surface area (Å²) in [5, 5.41) is 0.933. The van der Waals surface area contributed by atoms with Gasteiger partial charge < -0.3 is 15.0 Å². The molecule has 1 saturated carbocycles. The van der Waals surface area contributed by atoms with Crippen molar-refractivity contribution in [1.29, 1.82) is 0 Å². The van der Waals surface area contributed by atoms with Gasteiger partial charge in [-0.05, 0) is 37.0 Å². The van der Waals surface area contributed by atoms with Gasteiger partial charge in [0.15, 0.2) is 0 Å². The highest BCUT2D eigenvalue weighted by Gasteiger charge is 2.24. The molecule has 1 aromatic carbocycles. The molecule has 5 nitrogen and oxygen atoms in total. The molecule has 3 aromatic rings. The molecule has 0 bridgehead atoms. The van der Waals surface area contributed by atoms with Crippen LogP contribution in [0.15, 0.2) is 36.8 Å². The van der Waals surface area contributed by atoms with Gasteiger partial charge in [0.2, 0.25) is 0 Å². The van der Waals surface area contributed by atoms with Crippen LogP contribution >= 0.6 is 0 Å². The van der Waals surface area contributed by atoms with Crippen LogP contribution in [0.4, 0.5) is 5.82 Å². The minimum absolute atomic E-state index is 0.524. The number of hydrogen-bond acceptors (Lipinski definition) is 4. The molecule has 2 heterocycles. The van der Waals surface area contributed by atoms with Crippen molar-refractivity contribution in [1.82, 2.24) is 14.5 Å². The van der Waals surface area contributed by atoms with Crippen LogP contribution in [0.2, 0.25) is 0 Å². The molecule has 2 aromatic heterocycles. The molecule has 2 N–H and O–H groups in total. The lowest BCUT2D eigenvalue weighted by molar-refractivity contribution is 0.320. The van der Waals surface area contributed by atoms with E-state index in [2.05, 4.69) is 26.8 Å². The molecule has 0 spiro atoms. The van der Waals surface area contributed by atoms with Gasteiger partial charge in [-0.3, -0.25) is 0 Å². The highest BCUT2D eigenvalue weighted by Crippen LogP contribution is 2.40. The zero-order chi connectivity index (χ0) is 15.1. The summed E-state index contributed by atoms with van der Waals surface area (Å²) in [4.78, 5) is 8.65. The van der Waals surface area contributed by atoms with E-state index in [1.807, 2.05) is 18.2 Å². The van der Waals surface area contributed by atoms with Gasteiger partial charge in [-0.15, -0.1) is 0 Å². The molecule has 0 atom stereocenters. The van der Waals surface area contributed by atoms with Crippen molar-refractivity contribution in [3.05, 3.63) is 36.8 Å². The van der Waals surface area contributed by atoms with Crippen LogP contribution in [0.1, 0.15) is 25.3 Å². The fraction of sp³-hybridized carbons (Fsp3) is 0.294. The van der Waals surface area contributed by atoms with Crippen molar-refractivity contribution in [3.8, 4) is 16.9 Å². The number of methoxy groups -OCH3 is 1. The zero-order valence-electron chi connectivity index (χ0n) is 12.5. The van der Waals surface area contributed by atoms with Gasteiger partial charge >= 0.3 is 0 Å². The van der Waals surface area contributed by atoms with E-state index in [1.165, 1.54) is 19.3 Å². The third kappa shape index (κ3) is 1.93. The summed E-state index contributed by atoms with van der Waals surface area (Å²) in [6, 6.07) is 8.53. The number of nitrogens with zero attached hydrogens (tertiary/aromatic N) is 3. The first-order valence-electron chi connectivity index (χ1n) is 7.53. The van der Waals surface area contributed by atoms with Gasteiger partial charge in [-0.2, -0.15) is 0 Å². The molecule has 1 aliphatic carbocycles. The highest BCUT2D eigenvalue weighted by atomic mass is 16.5. The third-order valence-corrected chi connectivity index (χ3v) is 4.49. The number of rotatable bonds is 3. The Kier molecular flexibility index (Phi) is 2.99. The van der Waals surface area contributed by atoms with Crippen molar-refractivity contribution in [2.45, 2.75) is 25.3 Å². The first-order chi connectivity index (χ1) is 10.8. The molecule has 22 heavy (non-hydrogen) atoms. The molecular weight excluding hydrogens is 276 g/mol. The quantitative estimate of drug-likeness (QED) is 0.804. The molecule has 0 amide bonds. The monoisotopic (exact) mass is 294 g/mol. The van der Waals surface area contributed by atoms with Gasteiger partial charge in [-0.25, -0.2) is 9.97 Å². The molecule has 5 heteroatoms. The van der Waals surface area contributed by atoms with E-state index < -0.39 is 0 Å². The van der Waals surface area contributed by atoms with Crippen LogP contribution in [-0.2, 0) is 0 Å². The molecular formula is C17H18N4O. The van der Waals surface area contributed by atoms with Crippen LogP contribution in [0, 0.1) is 0 Å². The van der Waals surface area contributed by atoms with E-state index in [-0.39, 0.29) is 0 Å². The van der Waals surface area contributed by atoms with Crippen LogP contribution in [0.25, 0.3) is 22.2 Å². The van der Waals surface area contributed by atoms with Gasteiger partial charge in [0.1, 0.15) is 23.5 Å². The molecule has 0 unspecified atom stereocenters. The van der Waals surface area contributed by atoms with Crippen molar-refractivity contribution in [2.24, 2.45) is 0 Å². The summed E-state index contributed by atoms with van der Waals surface area (Å²) in [5.74, 6) is 1.36. The summed E-state index contributed by atoms with van der Waals surface area (Å²) < 4.78 is 7.59. The number of nitrogens with two attached hydrogens (primary N) is 1. The smallest absolute Gasteiger partial charge is 0.146 e. The lowest BCUT2D eigenvalue weighted by Gasteiger charge is -2.27. The second-order valence-electron chi connectivity index (χ2n) is 5.72. The van der Waals surface area contributed by atoms with Gasteiger partial charge in [0, 0.05) is 17.8 Å². The molecule has 0 radical (unpaired) electrons. The third-order valence-electron chi connectivity index (χ3n) is 4.49. The number of aromatic nitrogens is 3. The second kappa shape index (κ2) is 5.02. The Morgan fingerprint density at radius 1 is 1.27 bits per heavy atom. The Labute approximate surface area is 128 Å². The largest absolute Gasteiger partial charge is 0.497 e. The number of hydrogen-bond donors (Lipinski definition) is 1. The van der Waals surface area contributed by atoms with E-state index >= 15 is 0 Å². The molecule has 1 aliphatic rings. The maximum atomic E-state index is 6.14. The molecule has 0 aliphatic heterocycles. The zero-order valence-corrected chi connectivity index (χ0v) is 12.5. The fourth-order valence-electron chi connectivity index (χ4n) is 3.06. The predicted octanol–water partition coefficient (Wildman–Crippen LogP) is 3.41. The van der Waals surface area contributed by atoms with Gasteiger partial charge in [0.25, 0.3) is 0 Å². The topological polar surface area (TPSA) is 66.0 Å². The molecule has 1 fully saturated rings. The summed E-state index contributed by atoms with van der Waals surface area (Å²) >= 11 is 0. The average Bonchev–Trinajstić information content (AvgIpc) is 2.87. The summed E-state index contributed by atoms with van der Waals surface area (Å²) in [7, 11) is 1.67. The van der Waals surface area contributed by atoms with Crippen LogP contribution in [0.3, 0.4) is 0 Å². The Balaban J connectivity index is 1.96. The minimum Gasteiger partial charge on any atom is -0.497 e. The Morgan fingerprint density at radius 2 is 2.14 bits per heavy atom. The van der Waals surface area contributed by atoms with Crippen molar-refractivity contribution < 1.29 is 4.74 Å². The van der Waals surface area contributed by atoms with E-state index in [0.717, 1.165) is 27.9 Å². The Bertz CT molecular complexity index is 836. The summed E-state index contributed by atoms with van der Waals surface area (Å²) in [5.41, 5.74) is 9.21. The Morgan fingerprint density at radius 3 is 2.86 bits per heavy atom. The van der Waals surface area contributed by atoms with E-state index in [0.29, 0.717) is 11.9 Å². The number of fused-ring (bicyclic) bond motifs is 1. The van der Waals surface area contributed by atoms with Crippen LogP contribution in [-0.4, -0.2) is 21.6 Å². The number of nitrogen functional groups attached to an aromatic ring is 1. The summed E-state index contributed by atoms with van der Waals surface area (Å²) in [6.07, 6.45) is 7.38. The number of ether oxygens (including phenoxy) is 1. The van der Waals surface area contributed by atoms with Crippen LogP contribution in [0.5, 0.6) is 5.75 Å². The van der Waals surface area contributed by atoms with E-state index in [4.69, 9.17) is 10.5 Å². The first-order valence-corrected chi connectivity index (χ1v) is 7.53. The van der Waals surface area contributed by atoms with Crippen molar-refractivity contribution >= 4 is 16.9 Å². The highest BCUT2D eigenvalue weighted by molar-refractivity contribution is 6.00. The van der Waals surface area contributed by atoms with Crippen molar-refractivity contribution in [3.63, 3.8) is 0 Å². The minimum atomic E-state index is 0.524. The first kappa shape index (κ1) is 13.1. The number of benzene rings is 1. The van der Waals surface area contributed by atoms with Gasteiger partial charge in [0.05, 0.1) is 12.5 Å². The van der Waals surface area contributed by atoms with Crippen LogP contribution < -0.4 is 10.5 Å². The fourth-order valence-corrected chi connectivity index (χ4v) is 3.06. The maximum Gasteiger partial charge on any atom is 0.146 e. The summed E-state index contributed by atoms with van der Waals surface area (Å²) in [6.45, 7) is 0. The standard InChI is InChI=1S/C17H18N4O/c1-22-13-7-2-4-11(8-13)14-9-21(12-5-3-6-12)17-15(14)16(18)19-10-20-17/h2,4,7-10,12H,3,5-6H2,1H3,(H2,18,19,20). The average molecular weight is 294 g/mol. The Hall–Kier alpha value is -2.56. The lowest BCUT2D eigenvalue weighted by Crippen LogP contribution is -2.16. The normalized spacial score (nSPS) is 15.0. The number of anilines is 1. The van der Waals surface area contributed by atoms with E-state index in [1.54, 1.807) is 13.4 Å². The molecule has 0 saturated heterocycles. The van der Waals surface area contributed by atoms with Gasteiger partial charge in [-0.1, -0.05) is 12.1 Å². The maximum absolute atomic E-state index is 6.14. The molecule has 112 valence electrons. The second-order valence-corrected chi connectivity index (χ2v) is 5.72. The van der Waals surface area contributed by atoms with E-state index in [9.17, 15) is 0 Å².